The van der Waals surface area contributed by atoms with Crippen molar-refractivity contribution >= 4 is 40.9 Å². The van der Waals surface area contributed by atoms with Gasteiger partial charge in [0.2, 0.25) is 5.91 Å². The Morgan fingerprint density at radius 2 is 1.92 bits per heavy atom. The van der Waals surface area contributed by atoms with Crippen LogP contribution in [0, 0.1) is 18.8 Å². The molecule has 3 rings (SSSR count). The predicted octanol–water partition coefficient (Wildman–Crippen LogP) is 4.61. The number of halogens is 1. The van der Waals surface area contributed by atoms with E-state index in [1.807, 2.05) is 31.2 Å². The number of anilines is 1. The molecule has 1 heterocycles. The van der Waals surface area contributed by atoms with Crippen molar-refractivity contribution in [1.29, 1.82) is 0 Å². The van der Waals surface area contributed by atoms with Crippen LogP contribution in [0.25, 0.3) is 0 Å². The summed E-state index contributed by atoms with van der Waals surface area (Å²) in [5, 5.41) is 7.10. The van der Waals surface area contributed by atoms with Gasteiger partial charge in [-0.05, 0) is 43.7 Å². The van der Waals surface area contributed by atoms with E-state index in [4.69, 9.17) is 11.6 Å². The number of hydrogen-bond donors (Lipinski definition) is 2. The van der Waals surface area contributed by atoms with E-state index in [0.29, 0.717) is 21.5 Å². The number of rotatable bonds is 4. The smallest absolute Gasteiger partial charge is 0.262 e. The molecule has 132 valence electrons. The number of carbonyl (C=O) groups excluding carboxylic acids is 2. The second-order valence-corrected chi connectivity index (χ2v) is 8.00. The first-order valence-electron chi connectivity index (χ1n) is 8.41. The zero-order valence-electron chi connectivity index (χ0n) is 14.3. The van der Waals surface area contributed by atoms with Crippen molar-refractivity contribution in [3.05, 3.63) is 50.9 Å². The summed E-state index contributed by atoms with van der Waals surface area (Å²) in [5.74, 6) is 0.410. The minimum Gasteiger partial charge on any atom is -0.320 e. The lowest BCUT2D eigenvalue weighted by Crippen LogP contribution is -2.24. The van der Waals surface area contributed by atoms with E-state index in [1.54, 1.807) is 6.07 Å². The maximum atomic E-state index is 12.7. The topological polar surface area (TPSA) is 58.2 Å². The first-order valence-corrected chi connectivity index (χ1v) is 9.60. The number of benzene rings is 1. The third kappa shape index (κ3) is 4.47. The molecule has 4 nitrogen and oxygen atoms in total. The van der Waals surface area contributed by atoms with Crippen LogP contribution < -0.4 is 10.6 Å². The lowest BCUT2D eigenvalue weighted by Gasteiger charge is -2.13. The Hall–Kier alpha value is -1.72. The van der Waals surface area contributed by atoms with Gasteiger partial charge in [-0.15, -0.1) is 0 Å². The molecule has 1 aromatic carbocycles. The molecular formula is C19H21ClN2O2S. The molecule has 1 aromatic rings. The predicted molar refractivity (Wildman–Crippen MR) is 103 cm³/mol. The Morgan fingerprint density at radius 3 is 2.60 bits per heavy atom. The van der Waals surface area contributed by atoms with Crippen molar-refractivity contribution in [2.24, 2.45) is 11.8 Å². The molecule has 1 aliphatic heterocycles. The van der Waals surface area contributed by atoms with Gasteiger partial charge in [-0.25, -0.2) is 0 Å². The number of allylic oxidation sites excluding steroid dienone is 2. The van der Waals surface area contributed by atoms with Gasteiger partial charge in [-0.1, -0.05) is 54.6 Å². The van der Waals surface area contributed by atoms with Crippen molar-refractivity contribution < 1.29 is 9.59 Å². The summed E-state index contributed by atoms with van der Waals surface area (Å²) in [6.07, 6.45) is 6.38. The second-order valence-electron chi connectivity index (χ2n) is 6.51. The Labute approximate surface area is 157 Å². The zero-order valence-corrected chi connectivity index (χ0v) is 15.8. The molecule has 25 heavy (non-hydrogen) atoms. The lowest BCUT2D eigenvalue weighted by atomic mass is 10.2. The van der Waals surface area contributed by atoms with Crippen LogP contribution in [-0.4, -0.2) is 11.8 Å². The Kier molecular flexibility index (Phi) is 5.54. The molecule has 2 unspecified atom stereocenters. The van der Waals surface area contributed by atoms with Gasteiger partial charge in [0.05, 0.1) is 20.6 Å². The average molecular weight is 377 g/mol. The van der Waals surface area contributed by atoms with Gasteiger partial charge in [0.1, 0.15) is 0 Å². The molecule has 1 aliphatic carbocycles. The molecule has 0 saturated heterocycles. The van der Waals surface area contributed by atoms with Crippen LogP contribution in [0.4, 0.5) is 5.69 Å². The van der Waals surface area contributed by atoms with Gasteiger partial charge in [0.15, 0.2) is 0 Å². The number of para-hydroxylation sites is 1. The molecule has 2 atom stereocenters. The summed E-state index contributed by atoms with van der Waals surface area (Å²) in [5.41, 5.74) is 1.54. The van der Waals surface area contributed by atoms with Crippen molar-refractivity contribution in [2.45, 2.75) is 33.1 Å². The van der Waals surface area contributed by atoms with Crippen molar-refractivity contribution in [2.75, 3.05) is 5.32 Å². The minimum absolute atomic E-state index is 0.0508. The normalized spacial score (nSPS) is 22.4. The summed E-state index contributed by atoms with van der Waals surface area (Å²) in [6, 6.07) is 5.50. The summed E-state index contributed by atoms with van der Waals surface area (Å²) >= 11 is 7.49. The maximum Gasteiger partial charge on any atom is 0.262 e. The zero-order chi connectivity index (χ0) is 18.0. The van der Waals surface area contributed by atoms with Crippen LogP contribution in [0.2, 0.25) is 5.02 Å². The van der Waals surface area contributed by atoms with E-state index < -0.39 is 0 Å². The molecule has 6 heteroatoms. The molecular weight excluding hydrogens is 356 g/mol. The quantitative estimate of drug-likeness (QED) is 0.806. The van der Waals surface area contributed by atoms with Gasteiger partial charge in [0, 0.05) is 5.92 Å². The van der Waals surface area contributed by atoms with Gasteiger partial charge in [0.25, 0.3) is 5.91 Å². The summed E-state index contributed by atoms with van der Waals surface area (Å²) in [4.78, 5) is 25.4. The fourth-order valence-electron chi connectivity index (χ4n) is 2.71. The molecule has 1 fully saturated rings. The number of thioether (sulfide) groups is 1. The van der Waals surface area contributed by atoms with Crippen LogP contribution in [0.1, 0.15) is 31.7 Å². The SMILES string of the molecule is Cc1cccc(Cl)c1NC(=O)C1=CCCC=C(NC(=O)C2CC2C)S1. The third-order valence-electron chi connectivity index (χ3n) is 4.42. The monoisotopic (exact) mass is 376 g/mol. The molecule has 0 bridgehead atoms. The fourth-order valence-corrected chi connectivity index (χ4v) is 3.92. The van der Waals surface area contributed by atoms with Crippen molar-refractivity contribution in [1.82, 2.24) is 5.32 Å². The Balaban J connectivity index is 1.67. The highest BCUT2D eigenvalue weighted by atomic mass is 35.5. The number of amides is 2. The lowest BCUT2D eigenvalue weighted by molar-refractivity contribution is -0.121. The molecule has 0 aromatic heterocycles. The largest absolute Gasteiger partial charge is 0.320 e. The van der Waals surface area contributed by atoms with E-state index in [9.17, 15) is 9.59 Å². The first-order chi connectivity index (χ1) is 12.0. The van der Waals surface area contributed by atoms with Crippen molar-refractivity contribution in [3.8, 4) is 0 Å². The highest BCUT2D eigenvalue weighted by molar-refractivity contribution is 8.07. The van der Waals surface area contributed by atoms with Gasteiger partial charge in [-0.2, -0.15) is 0 Å². The van der Waals surface area contributed by atoms with E-state index in [2.05, 4.69) is 17.6 Å². The molecule has 2 amide bonds. The summed E-state index contributed by atoms with van der Waals surface area (Å²) in [7, 11) is 0. The van der Waals surface area contributed by atoms with Gasteiger partial charge >= 0.3 is 0 Å². The second kappa shape index (κ2) is 7.67. The van der Waals surface area contributed by atoms with Crippen LogP contribution in [0.3, 0.4) is 0 Å². The standard InChI is InChI=1S/C19H21ClN2O2S/c1-11-6-5-7-14(20)17(11)22-19(24)15-8-3-4-9-16(25-15)21-18(23)13-10-12(13)2/h5-9,12-13H,3-4,10H2,1-2H3,(H,21,23)(H,22,24). The molecule has 0 radical (unpaired) electrons. The van der Waals surface area contributed by atoms with Gasteiger partial charge < -0.3 is 10.6 Å². The highest BCUT2D eigenvalue weighted by Crippen LogP contribution is 2.39. The van der Waals surface area contributed by atoms with E-state index in [0.717, 1.165) is 29.9 Å². The van der Waals surface area contributed by atoms with Crippen LogP contribution in [-0.2, 0) is 9.59 Å². The molecule has 0 spiro atoms. The average Bonchev–Trinajstić information content (AvgIpc) is 3.33. The highest BCUT2D eigenvalue weighted by Gasteiger charge is 2.39. The molecule has 1 saturated carbocycles. The fraction of sp³-hybridized carbons (Fsp3) is 0.368. The van der Waals surface area contributed by atoms with Crippen LogP contribution in [0.15, 0.2) is 40.3 Å². The summed E-state index contributed by atoms with van der Waals surface area (Å²) < 4.78 is 0. The number of hydrogen-bond acceptors (Lipinski definition) is 3. The van der Waals surface area contributed by atoms with Gasteiger partial charge in [-0.3, -0.25) is 9.59 Å². The molecule has 2 aliphatic rings. The number of nitrogens with one attached hydrogen (secondary N) is 2. The molecule has 2 N–H and O–H groups in total. The van der Waals surface area contributed by atoms with Crippen LogP contribution >= 0.6 is 23.4 Å². The third-order valence-corrected chi connectivity index (χ3v) is 5.80. The first kappa shape index (κ1) is 18.1. The van der Waals surface area contributed by atoms with Crippen molar-refractivity contribution in [3.63, 3.8) is 0 Å². The number of carbonyl (C=O) groups is 2. The van der Waals surface area contributed by atoms with E-state index in [-0.39, 0.29) is 17.7 Å². The van der Waals surface area contributed by atoms with E-state index >= 15 is 0 Å². The summed E-state index contributed by atoms with van der Waals surface area (Å²) in [6.45, 7) is 3.97. The van der Waals surface area contributed by atoms with Crippen LogP contribution in [0.5, 0.6) is 0 Å². The van der Waals surface area contributed by atoms with E-state index in [1.165, 1.54) is 11.8 Å². The minimum atomic E-state index is -0.206. The maximum absolute atomic E-state index is 12.7. The number of aryl methyl sites for hydroxylation is 1. The Bertz CT molecular complexity index is 752. The Morgan fingerprint density at radius 1 is 1.20 bits per heavy atom.